The summed E-state index contributed by atoms with van der Waals surface area (Å²) in [6.45, 7) is 6.32. The van der Waals surface area contributed by atoms with Crippen LogP contribution in [0.15, 0.2) is 0 Å². The van der Waals surface area contributed by atoms with Gasteiger partial charge in [0.2, 0.25) is 5.91 Å². The fourth-order valence-corrected chi connectivity index (χ4v) is 3.80. The van der Waals surface area contributed by atoms with E-state index in [-0.39, 0.29) is 24.0 Å². The van der Waals surface area contributed by atoms with Crippen LogP contribution in [-0.2, 0) is 4.79 Å². The molecule has 1 N–H and O–H groups in total. The van der Waals surface area contributed by atoms with E-state index in [0.29, 0.717) is 12.5 Å². The number of hydrogen-bond donors (Lipinski definition) is 1. The van der Waals surface area contributed by atoms with Crippen LogP contribution in [0.2, 0.25) is 0 Å². The second-order valence-corrected chi connectivity index (χ2v) is 7.00. The molecule has 19 heavy (non-hydrogen) atoms. The highest BCUT2D eigenvalue weighted by atomic mass is 16.3. The summed E-state index contributed by atoms with van der Waals surface area (Å²) in [5, 5.41) is 9.31. The number of hydrogen-bond acceptors (Lipinski definition) is 3. The van der Waals surface area contributed by atoms with Crippen LogP contribution >= 0.6 is 0 Å². The average Bonchev–Trinajstić information content (AvgIpc) is 2.83. The van der Waals surface area contributed by atoms with Crippen LogP contribution in [0.5, 0.6) is 0 Å². The van der Waals surface area contributed by atoms with Crippen molar-refractivity contribution in [2.75, 3.05) is 26.7 Å². The first kappa shape index (κ1) is 14.8. The lowest BCUT2D eigenvalue weighted by Gasteiger charge is -2.37. The molecule has 0 spiro atoms. The highest BCUT2D eigenvalue weighted by Gasteiger charge is 2.41. The molecule has 1 unspecified atom stereocenters. The Morgan fingerprint density at radius 3 is 2.47 bits per heavy atom. The molecule has 110 valence electrons. The number of carbonyl (C=O) groups is 1. The lowest BCUT2D eigenvalue weighted by molar-refractivity contribution is -0.135. The first-order valence-corrected chi connectivity index (χ1v) is 7.56. The summed E-state index contributed by atoms with van der Waals surface area (Å²) < 4.78 is 0. The number of amides is 1. The van der Waals surface area contributed by atoms with E-state index in [0.717, 1.165) is 13.1 Å². The summed E-state index contributed by atoms with van der Waals surface area (Å²) in [5.74, 6) is 0.187. The number of nitrogens with zero attached hydrogens (tertiary/aromatic N) is 2. The molecule has 4 heteroatoms. The van der Waals surface area contributed by atoms with E-state index in [2.05, 4.69) is 18.7 Å². The molecule has 0 aromatic heterocycles. The van der Waals surface area contributed by atoms with Crippen LogP contribution in [0.3, 0.4) is 0 Å². The van der Waals surface area contributed by atoms with Gasteiger partial charge in [-0.1, -0.05) is 26.7 Å². The molecule has 1 aliphatic heterocycles. The molecular weight excluding hydrogens is 240 g/mol. The van der Waals surface area contributed by atoms with Gasteiger partial charge in [-0.25, -0.2) is 0 Å². The van der Waals surface area contributed by atoms with Gasteiger partial charge in [0, 0.05) is 32.8 Å². The summed E-state index contributed by atoms with van der Waals surface area (Å²) in [7, 11) is 1.90. The number of rotatable bonds is 3. The van der Waals surface area contributed by atoms with E-state index in [1.165, 1.54) is 25.7 Å². The summed E-state index contributed by atoms with van der Waals surface area (Å²) in [5.41, 5.74) is 0.122. The maximum absolute atomic E-state index is 12.6. The fourth-order valence-electron chi connectivity index (χ4n) is 3.80. The molecule has 2 fully saturated rings. The zero-order valence-electron chi connectivity index (χ0n) is 12.6. The SMILES string of the molecule is CN1CC(C)(C)CN(C2CCCC2)C(CCO)C1=O. The summed E-state index contributed by atoms with van der Waals surface area (Å²) in [4.78, 5) is 16.8. The summed E-state index contributed by atoms with van der Waals surface area (Å²) >= 11 is 0. The van der Waals surface area contributed by atoms with Crippen LogP contribution in [0.4, 0.5) is 0 Å². The average molecular weight is 268 g/mol. The molecular formula is C15H28N2O2. The van der Waals surface area contributed by atoms with Gasteiger partial charge in [-0.05, 0) is 24.7 Å². The lowest BCUT2D eigenvalue weighted by Crippen LogP contribution is -2.49. The van der Waals surface area contributed by atoms with Gasteiger partial charge in [-0.3, -0.25) is 9.69 Å². The van der Waals surface area contributed by atoms with E-state index in [9.17, 15) is 9.90 Å². The minimum absolute atomic E-state index is 0.0912. The van der Waals surface area contributed by atoms with Gasteiger partial charge in [0.05, 0.1) is 6.04 Å². The minimum Gasteiger partial charge on any atom is -0.396 e. The van der Waals surface area contributed by atoms with Crippen molar-refractivity contribution in [3.63, 3.8) is 0 Å². The van der Waals surface area contributed by atoms with Gasteiger partial charge in [0.15, 0.2) is 0 Å². The molecule has 0 aromatic rings. The Labute approximate surface area is 116 Å². The van der Waals surface area contributed by atoms with Crippen molar-refractivity contribution in [1.82, 2.24) is 9.80 Å². The number of carbonyl (C=O) groups excluding carboxylic acids is 1. The van der Waals surface area contributed by atoms with E-state index >= 15 is 0 Å². The highest BCUT2D eigenvalue weighted by molar-refractivity contribution is 5.82. The van der Waals surface area contributed by atoms with Crippen LogP contribution < -0.4 is 0 Å². The highest BCUT2D eigenvalue weighted by Crippen LogP contribution is 2.32. The molecule has 1 heterocycles. The first-order chi connectivity index (χ1) is 8.94. The largest absolute Gasteiger partial charge is 0.396 e. The Morgan fingerprint density at radius 2 is 1.89 bits per heavy atom. The monoisotopic (exact) mass is 268 g/mol. The fraction of sp³-hybridized carbons (Fsp3) is 0.933. The number of aliphatic hydroxyl groups excluding tert-OH is 1. The van der Waals surface area contributed by atoms with Gasteiger partial charge in [0.1, 0.15) is 0 Å². The molecule has 1 saturated heterocycles. The Bertz CT molecular complexity index is 324. The van der Waals surface area contributed by atoms with E-state index in [1.54, 1.807) is 0 Å². The zero-order chi connectivity index (χ0) is 14.0. The van der Waals surface area contributed by atoms with Crippen molar-refractivity contribution >= 4 is 5.91 Å². The Morgan fingerprint density at radius 1 is 1.26 bits per heavy atom. The molecule has 1 saturated carbocycles. The lowest BCUT2D eigenvalue weighted by atomic mass is 9.91. The van der Waals surface area contributed by atoms with Crippen molar-refractivity contribution in [1.29, 1.82) is 0 Å². The van der Waals surface area contributed by atoms with E-state index in [1.807, 2.05) is 11.9 Å². The van der Waals surface area contributed by atoms with Crippen molar-refractivity contribution in [3.05, 3.63) is 0 Å². The smallest absolute Gasteiger partial charge is 0.239 e. The molecule has 0 radical (unpaired) electrons. The van der Waals surface area contributed by atoms with Gasteiger partial charge in [-0.15, -0.1) is 0 Å². The number of likely N-dealkylation sites (N-methyl/N-ethyl adjacent to an activating group) is 1. The molecule has 0 aromatic carbocycles. The van der Waals surface area contributed by atoms with Crippen molar-refractivity contribution in [2.24, 2.45) is 5.41 Å². The van der Waals surface area contributed by atoms with Gasteiger partial charge in [-0.2, -0.15) is 0 Å². The zero-order valence-corrected chi connectivity index (χ0v) is 12.6. The molecule has 0 bridgehead atoms. The second kappa shape index (κ2) is 5.80. The van der Waals surface area contributed by atoms with Gasteiger partial charge < -0.3 is 10.0 Å². The van der Waals surface area contributed by atoms with Crippen molar-refractivity contribution in [2.45, 2.75) is 58.0 Å². The predicted molar refractivity (Wildman–Crippen MR) is 75.9 cm³/mol. The molecule has 2 aliphatic rings. The molecule has 2 rings (SSSR count). The quantitative estimate of drug-likeness (QED) is 0.843. The van der Waals surface area contributed by atoms with Crippen LogP contribution in [0.1, 0.15) is 46.0 Å². The van der Waals surface area contributed by atoms with Crippen LogP contribution in [0.25, 0.3) is 0 Å². The van der Waals surface area contributed by atoms with Crippen LogP contribution in [-0.4, -0.2) is 59.6 Å². The summed E-state index contributed by atoms with van der Waals surface area (Å²) in [6.07, 6.45) is 5.52. The number of aliphatic hydroxyl groups is 1. The maximum atomic E-state index is 12.6. The predicted octanol–water partition coefficient (Wildman–Crippen LogP) is 1.48. The maximum Gasteiger partial charge on any atom is 0.239 e. The van der Waals surface area contributed by atoms with Gasteiger partial charge in [0.25, 0.3) is 0 Å². The van der Waals surface area contributed by atoms with Crippen LogP contribution in [0, 0.1) is 5.41 Å². The molecule has 1 atom stereocenters. The summed E-state index contributed by atoms with van der Waals surface area (Å²) in [6, 6.07) is 0.408. The molecule has 4 nitrogen and oxygen atoms in total. The normalized spacial score (nSPS) is 29.8. The third kappa shape index (κ3) is 3.29. The Kier molecular flexibility index (Phi) is 4.51. The second-order valence-electron chi connectivity index (χ2n) is 7.00. The topological polar surface area (TPSA) is 43.8 Å². The third-order valence-electron chi connectivity index (χ3n) is 4.53. The van der Waals surface area contributed by atoms with E-state index in [4.69, 9.17) is 0 Å². The molecule has 1 aliphatic carbocycles. The van der Waals surface area contributed by atoms with Crippen molar-refractivity contribution in [3.8, 4) is 0 Å². The van der Waals surface area contributed by atoms with E-state index < -0.39 is 0 Å². The first-order valence-electron chi connectivity index (χ1n) is 7.56. The molecule has 1 amide bonds. The minimum atomic E-state index is -0.125. The Balaban J connectivity index is 2.24. The van der Waals surface area contributed by atoms with Crippen molar-refractivity contribution < 1.29 is 9.90 Å². The standard InChI is InChI=1S/C15H28N2O2/c1-15(2)10-16(3)14(19)13(8-9-18)17(11-15)12-6-4-5-7-12/h12-13,18H,4-11H2,1-3H3. The third-order valence-corrected chi connectivity index (χ3v) is 4.53. The van der Waals surface area contributed by atoms with Gasteiger partial charge >= 0.3 is 0 Å². The Hall–Kier alpha value is -0.610.